The maximum atomic E-state index is 4.36. The lowest BCUT2D eigenvalue weighted by atomic mass is 10.2. The molecule has 1 aromatic carbocycles. The van der Waals surface area contributed by atoms with Crippen LogP contribution in [0, 0.1) is 6.92 Å². The lowest BCUT2D eigenvalue weighted by molar-refractivity contribution is 0.807. The molecular weight excluding hydrogens is 248 g/mol. The third-order valence-corrected chi connectivity index (χ3v) is 3.32. The zero-order chi connectivity index (χ0) is 14.5. The second kappa shape index (κ2) is 6.37. The maximum absolute atomic E-state index is 4.36. The summed E-state index contributed by atoms with van der Waals surface area (Å²) in [7, 11) is 4.11. The molecule has 0 saturated carbocycles. The van der Waals surface area contributed by atoms with Crippen LogP contribution in [0.15, 0.2) is 36.7 Å². The molecule has 4 nitrogen and oxygen atoms in total. The number of benzene rings is 1. The maximum Gasteiger partial charge on any atom is 0.132 e. The van der Waals surface area contributed by atoms with Crippen molar-refractivity contribution < 1.29 is 0 Å². The molecule has 1 heterocycles. The molecule has 0 fully saturated rings. The monoisotopic (exact) mass is 270 g/mol. The molecule has 0 spiro atoms. The predicted octanol–water partition coefficient (Wildman–Crippen LogP) is 2.88. The van der Waals surface area contributed by atoms with Crippen LogP contribution in [-0.4, -0.2) is 30.6 Å². The minimum Gasteiger partial charge on any atom is -0.378 e. The van der Waals surface area contributed by atoms with Crippen molar-refractivity contribution in [2.45, 2.75) is 20.4 Å². The molecule has 0 amide bonds. The topological polar surface area (TPSA) is 32.3 Å². The molecule has 20 heavy (non-hydrogen) atoms. The van der Waals surface area contributed by atoms with Gasteiger partial charge in [0.2, 0.25) is 0 Å². The predicted molar refractivity (Wildman–Crippen MR) is 84.3 cm³/mol. The van der Waals surface area contributed by atoms with Crippen LogP contribution in [0.1, 0.15) is 18.2 Å². The van der Waals surface area contributed by atoms with Gasteiger partial charge in [-0.25, -0.2) is 9.97 Å². The van der Waals surface area contributed by atoms with E-state index >= 15 is 0 Å². The highest BCUT2D eigenvalue weighted by atomic mass is 15.2. The number of rotatable bonds is 5. The quantitative estimate of drug-likeness (QED) is 0.836. The lowest BCUT2D eigenvalue weighted by Crippen LogP contribution is -2.23. The van der Waals surface area contributed by atoms with Gasteiger partial charge >= 0.3 is 0 Å². The van der Waals surface area contributed by atoms with Crippen molar-refractivity contribution in [1.82, 2.24) is 9.97 Å². The minimum absolute atomic E-state index is 0.862. The van der Waals surface area contributed by atoms with Gasteiger partial charge in [0.25, 0.3) is 0 Å². The Morgan fingerprint density at radius 1 is 1.05 bits per heavy atom. The van der Waals surface area contributed by atoms with Crippen LogP contribution in [0.3, 0.4) is 0 Å². The Morgan fingerprint density at radius 2 is 1.75 bits per heavy atom. The Bertz CT molecular complexity index is 549. The van der Waals surface area contributed by atoms with Crippen molar-refractivity contribution in [3.05, 3.63) is 47.9 Å². The van der Waals surface area contributed by atoms with Gasteiger partial charge < -0.3 is 9.80 Å². The number of aromatic nitrogens is 2. The van der Waals surface area contributed by atoms with E-state index in [9.17, 15) is 0 Å². The Labute approximate surface area is 121 Å². The van der Waals surface area contributed by atoms with Gasteiger partial charge in [0.15, 0.2) is 0 Å². The molecule has 0 N–H and O–H groups in total. The van der Waals surface area contributed by atoms with E-state index in [1.807, 2.05) is 13.0 Å². The average Bonchev–Trinajstić information content (AvgIpc) is 2.45. The first-order valence-corrected chi connectivity index (χ1v) is 6.90. The second-order valence-electron chi connectivity index (χ2n) is 5.09. The van der Waals surface area contributed by atoms with E-state index in [0.717, 1.165) is 24.6 Å². The summed E-state index contributed by atoms with van der Waals surface area (Å²) in [4.78, 5) is 12.9. The highest BCUT2D eigenvalue weighted by Gasteiger charge is 2.07. The summed E-state index contributed by atoms with van der Waals surface area (Å²) in [6, 6.07) is 10.7. The first-order chi connectivity index (χ1) is 9.60. The van der Waals surface area contributed by atoms with Crippen molar-refractivity contribution in [3.63, 3.8) is 0 Å². The van der Waals surface area contributed by atoms with E-state index in [2.05, 4.69) is 65.1 Å². The Balaban J connectivity index is 2.14. The zero-order valence-corrected chi connectivity index (χ0v) is 12.7. The van der Waals surface area contributed by atoms with E-state index in [1.165, 1.54) is 11.3 Å². The Hall–Kier alpha value is -2.10. The normalized spacial score (nSPS) is 10.4. The van der Waals surface area contributed by atoms with Crippen LogP contribution >= 0.6 is 0 Å². The van der Waals surface area contributed by atoms with Gasteiger partial charge in [-0.1, -0.05) is 12.1 Å². The Kier molecular flexibility index (Phi) is 4.56. The minimum atomic E-state index is 0.862. The first kappa shape index (κ1) is 14.3. The van der Waals surface area contributed by atoms with E-state index in [1.54, 1.807) is 6.33 Å². The fourth-order valence-corrected chi connectivity index (χ4v) is 2.09. The van der Waals surface area contributed by atoms with E-state index in [4.69, 9.17) is 0 Å². The molecule has 0 bridgehead atoms. The third-order valence-electron chi connectivity index (χ3n) is 3.32. The van der Waals surface area contributed by atoms with E-state index in [-0.39, 0.29) is 0 Å². The molecule has 0 radical (unpaired) electrons. The molecule has 2 rings (SSSR count). The summed E-state index contributed by atoms with van der Waals surface area (Å²) in [5, 5.41) is 0. The van der Waals surface area contributed by atoms with Gasteiger partial charge in [-0.2, -0.15) is 0 Å². The third kappa shape index (κ3) is 3.47. The van der Waals surface area contributed by atoms with Gasteiger partial charge in [-0.05, 0) is 31.5 Å². The number of aryl methyl sites for hydroxylation is 1. The molecule has 2 aromatic rings. The van der Waals surface area contributed by atoms with Crippen LogP contribution in [0.2, 0.25) is 0 Å². The van der Waals surface area contributed by atoms with Crippen LogP contribution in [-0.2, 0) is 6.54 Å². The second-order valence-corrected chi connectivity index (χ2v) is 5.09. The van der Waals surface area contributed by atoms with Crippen LogP contribution < -0.4 is 9.80 Å². The molecule has 0 aliphatic carbocycles. The molecule has 0 saturated heterocycles. The van der Waals surface area contributed by atoms with Crippen molar-refractivity contribution in [2.75, 3.05) is 30.4 Å². The van der Waals surface area contributed by atoms with Gasteiger partial charge in [-0.3, -0.25) is 0 Å². The summed E-state index contributed by atoms with van der Waals surface area (Å²) in [6.07, 6.45) is 1.63. The number of hydrogen-bond donors (Lipinski definition) is 0. The highest BCUT2D eigenvalue weighted by molar-refractivity contribution is 5.47. The average molecular weight is 270 g/mol. The largest absolute Gasteiger partial charge is 0.378 e. The number of anilines is 2. The van der Waals surface area contributed by atoms with Gasteiger partial charge in [-0.15, -0.1) is 0 Å². The summed E-state index contributed by atoms with van der Waals surface area (Å²) >= 11 is 0. The summed E-state index contributed by atoms with van der Waals surface area (Å²) in [6.45, 7) is 5.92. The molecule has 0 aliphatic heterocycles. The van der Waals surface area contributed by atoms with Crippen LogP contribution in [0.5, 0.6) is 0 Å². The van der Waals surface area contributed by atoms with Crippen molar-refractivity contribution >= 4 is 11.5 Å². The standard InChI is InChI=1S/C16H22N4/c1-5-20(16-10-13(2)17-12-18-16)11-14-6-8-15(9-7-14)19(3)4/h6-10,12H,5,11H2,1-4H3. The summed E-state index contributed by atoms with van der Waals surface area (Å²) < 4.78 is 0. The molecule has 4 heteroatoms. The van der Waals surface area contributed by atoms with E-state index in [0.29, 0.717) is 0 Å². The molecule has 0 atom stereocenters. The molecule has 0 aliphatic rings. The lowest BCUT2D eigenvalue weighted by Gasteiger charge is -2.22. The van der Waals surface area contributed by atoms with E-state index < -0.39 is 0 Å². The number of nitrogens with zero attached hydrogens (tertiary/aromatic N) is 4. The van der Waals surface area contributed by atoms with Gasteiger partial charge in [0.05, 0.1) is 0 Å². The fourth-order valence-electron chi connectivity index (χ4n) is 2.09. The van der Waals surface area contributed by atoms with Crippen molar-refractivity contribution in [2.24, 2.45) is 0 Å². The van der Waals surface area contributed by atoms with Gasteiger partial charge in [0.1, 0.15) is 12.1 Å². The first-order valence-electron chi connectivity index (χ1n) is 6.90. The smallest absolute Gasteiger partial charge is 0.132 e. The molecule has 1 aromatic heterocycles. The fraction of sp³-hybridized carbons (Fsp3) is 0.375. The van der Waals surface area contributed by atoms with Gasteiger partial charge in [0, 0.05) is 44.6 Å². The van der Waals surface area contributed by atoms with Crippen LogP contribution in [0.25, 0.3) is 0 Å². The SMILES string of the molecule is CCN(Cc1ccc(N(C)C)cc1)c1cc(C)ncn1. The summed E-state index contributed by atoms with van der Waals surface area (Å²) in [5.41, 5.74) is 3.50. The van der Waals surface area contributed by atoms with Crippen molar-refractivity contribution in [1.29, 1.82) is 0 Å². The highest BCUT2D eigenvalue weighted by Crippen LogP contribution is 2.17. The van der Waals surface area contributed by atoms with Crippen LogP contribution in [0.4, 0.5) is 11.5 Å². The Morgan fingerprint density at radius 3 is 2.30 bits per heavy atom. The molecule has 106 valence electrons. The molecule has 0 unspecified atom stereocenters. The summed E-state index contributed by atoms with van der Waals surface area (Å²) in [5.74, 6) is 0.983. The number of hydrogen-bond acceptors (Lipinski definition) is 4. The molecular formula is C16H22N4. The zero-order valence-electron chi connectivity index (χ0n) is 12.7. The van der Waals surface area contributed by atoms with Crippen molar-refractivity contribution in [3.8, 4) is 0 Å².